The van der Waals surface area contributed by atoms with E-state index in [4.69, 9.17) is 21.3 Å². The highest BCUT2D eigenvalue weighted by molar-refractivity contribution is 7.99. The first-order valence-corrected chi connectivity index (χ1v) is 11.3. The van der Waals surface area contributed by atoms with Gasteiger partial charge in [-0.1, -0.05) is 59.8 Å². The van der Waals surface area contributed by atoms with Gasteiger partial charge in [-0.25, -0.2) is 10.4 Å². The molecule has 0 saturated heterocycles. The van der Waals surface area contributed by atoms with E-state index >= 15 is 0 Å². The third-order valence-corrected chi connectivity index (χ3v) is 5.93. The van der Waals surface area contributed by atoms with Crippen molar-refractivity contribution in [2.24, 2.45) is 5.10 Å². The molecule has 0 aliphatic rings. The molecule has 1 aromatic heterocycles. The number of hydrogen-bond acceptors (Lipinski definition) is 5. The molecule has 6 nitrogen and oxygen atoms in total. The number of nitrogens with one attached hydrogen (secondary N) is 1. The number of imidazole rings is 1. The maximum Gasteiger partial charge on any atom is 0.250 e. The minimum absolute atomic E-state index is 0.194. The van der Waals surface area contributed by atoms with Gasteiger partial charge in [0, 0.05) is 5.02 Å². The number of para-hydroxylation sites is 2. The summed E-state index contributed by atoms with van der Waals surface area (Å²) in [7, 11) is 1.61. The van der Waals surface area contributed by atoms with Gasteiger partial charge in [0.25, 0.3) is 5.91 Å². The van der Waals surface area contributed by atoms with Gasteiger partial charge in [0.05, 0.1) is 36.7 Å². The number of thioether (sulfide) groups is 1. The monoisotopic (exact) mass is 464 g/mol. The molecule has 1 N–H and O–H groups in total. The molecule has 1 amide bonds. The molecule has 0 saturated carbocycles. The quantitative estimate of drug-likeness (QED) is 0.226. The zero-order chi connectivity index (χ0) is 22.3. The van der Waals surface area contributed by atoms with Crippen LogP contribution >= 0.6 is 23.4 Å². The molecule has 4 rings (SSSR count). The Hall–Kier alpha value is -3.29. The molecule has 0 aliphatic heterocycles. The number of amides is 1. The molecular weight excluding hydrogens is 444 g/mol. The van der Waals surface area contributed by atoms with Crippen molar-refractivity contribution in [2.75, 3.05) is 12.9 Å². The van der Waals surface area contributed by atoms with Gasteiger partial charge in [-0.15, -0.1) is 0 Å². The topological polar surface area (TPSA) is 68.5 Å². The number of benzene rings is 3. The van der Waals surface area contributed by atoms with Crippen LogP contribution in [0, 0.1) is 0 Å². The molecule has 1 heterocycles. The van der Waals surface area contributed by atoms with Crippen molar-refractivity contribution in [1.82, 2.24) is 15.0 Å². The Bertz CT molecular complexity index is 1250. The fraction of sp³-hybridized carbons (Fsp3) is 0.125. The van der Waals surface area contributed by atoms with E-state index in [9.17, 15) is 4.79 Å². The third-order valence-electron chi connectivity index (χ3n) is 4.70. The van der Waals surface area contributed by atoms with Crippen LogP contribution in [0.25, 0.3) is 11.0 Å². The molecule has 0 fully saturated rings. The molecule has 0 aliphatic carbocycles. The maximum absolute atomic E-state index is 12.3. The average molecular weight is 465 g/mol. The van der Waals surface area contributed by atoms with Crippen molar-refractivity contribution in [3.8, 4) is 5.75 Å². The van der Waals surface area contributed by atoms with E-state index < -0.39 is 0 Å². The number of methoxy groups -OCH3 is 1. The zero-order valence-electron chi connectivity index (χ0n) is 17.4. The molecule has 162 valence electrons. The number of nitrogens with zero attached hydrogens (tertiary/aromatic N) is 3. The van der Waals surface area contributed by atoms with Crippen molar-refractivity contribution in [2.45, 2.75) is 11.7 Å². The van der Waals surface area contributed by atoms with Crippen LogP contribution in [0.1, 0.15) is 11.1 Å². The summed E-state index contributed by atoms with van der Waals surface area (Å²) in [6, 6.07) is 23.1. The van der Waals surface area contributed by atoms with E-state index in [-0.39, 0.29) is 11.7 Å². The summed E-state index contributed by atoms with van der Waals surface area (Å²) in [4.78, 5) is 17.0. The Morgan fingerprint density at radius 1 is 1.16 bits per heavy atom. The molecule has 0 radical (unpaired) electrons. The van der Waals surface area contributed by atoms with E-state index in [2.05, 4.69) is 15.1 Å². The van der Waals surface area contributed by atoms with Gasteiger partial charge in [-0.2, -0.15) is 5.10 Å². The predicted molar refractivity (Wildman–Crippen MR) is 130 cm³/mol. The average Bonchev–Trinajstić information content (AvgIpc) is 3.16. The van der Waals surface area contributed by atoms with E-state index in [1.54, 1.807) is 13.3 Å². The van der Waals surface area contributed by atoms with Crippen molar-refractivity contribution in [3.05, 3.63) is 88.9 Å². The van der Waals surface area contributed by atoms with Crippen LogP contribution in [0.5, 0.6) is 5.75 Å². The second-order valence-corrected chi connectivity index (χ2v) is 8.33. The number of carbonyl (C=O) groups is 1. The number of rotatable bonds is 8. The zero-order valence-corrected chi connectivity index (χ0v) is 18.9. The molecule has 0 bridgehead atoms. The van der Waals surface area contributed by atoms with E-state index in [1.165, 1.54) is 11.8 Å². The second-order valence-electron chi connectivity index (χ2n) is 6.95. The molecule has 0 spiro atoms. The standard InChI is InChI=1S/C24H21ClN4O2S/c1-31-20-6-4-5-18(13-20)14-26-28-23(30)16-32-24-27-21-7-2-3-8-22(21)29(24)15-17-9-11-19(25)12-10-17/h2-14H,15-16H2,1H3,(H,28,30). The summed E-state index contributed by atoms with van der Waals surface area (Å²) in [6.45, 7) is 0.635. The highest BCUT2D eigenvalue weighted by Gasteiger charge is 2.13. The number of aromatic nitrogens is 2. The normalized spacial score (nSPS) is 11.2. The fourth-order valence-electron chi connectivity index (χ4n) is 3.15. The summed E-state index contributed by atoms with van der Waals surface area (Å²) >= 11 is 7.39. The van der Waals surface area contributed by atoms with Crippen molar-refractivity contribution < 1.29 is 9.53 Å². The SMILES string of the molecule is COc1cccc(C=NNC(=O)CSc2nc3ccccc3n2Cc2ccc(Cl)cc2)c1. The van der Waals surface area contributed by atoms with E-state index in [0.717, 1.165) is 33.1 Å². The van der Waals surface area contributed by atoms with Crippen LogP contribution in [0.3, 0.4) is 0 Å². The third kappa shape index (κ3) is 5.49. The molecule has 0 unspecified atom stereocenters. The van der Waals surface area contributed by atoms with Crippen molar-refractivity contribution in [3.63, 3.8) is 0 Å². The Morgan fingerprint density at radius 3 is 2.78 bits per heavy atom. The Balaban J connectivity index is 1.43. The minimum atomic E-state index is -0.209. The van der Waals surface area contributed by atoms with Crippen LogP contribution in [0.4, 0.5) is 0 Å². The summed E-state index contributed by atoms with van der Waals surface area (Å²) in [5, 5.41) is 5.51. The van der Waals surface area contributed by atoms with Crippen LogP contribution in [-0.2, 0) is 11.3 Å². The lowest BCUT2D eigenvalue weighted by atomic mass is 10.2. The fourth-order valence-corrected chi connectivity index (χ4v) is 4.08. The second kappa shape index (κ2) is 10.3. The molecule has 4 aromatic rings. The van der Waals surface area contributed by atoms with Crippen molar-refractivity contribution in [1.29, 1.82) is 0 Å². The Labute approximate surface area is 195 Å². The number of carbonyl (C=O) groups excluding carboxylic acids is 1. The minimum Gasteiger partial charge on any atom is -0.497 e. The van der Waals surface area contributed by atoms with Gasteiger partial charge in [0.1, 0.15) is 5.75 Å². The number of hydrogen-bond donors (Lipinski definition) is 1. The molecule has 8 heteroatoms. The first-order chi connectivity index (χ1) is 15.6. The van der Waals surface area contributed by atoms with Gasteiger partial charge in [-0.05, 0) is 47.5 Å². The highest BCUT2D eigenvalue weighted by atomic mass is 35.5. The largest absolute Gasteiger partial charge is 0.497 e. The smallest absolute Gasteiger partial charge is 0.250 e. The highest BCUT2D eigenvalue weighted by Crippen LogP contribution is 2.25. The lowest BCUT2D eigenvalue weighted by Crippen LogP contribution is -2.20. The van der Waals surface area contributed by atoms with Crippen LogP contribution < -0.4 is 10.2 Å². The number of ether oxygens (including phenoxy) is 1. The van der Waals surface area contributed by atoms with Gasteiger partial charge in [0.15, 0.2) is 5.16 Å². The first kappa shape index (κ1) is 21.9. The van der Waals surface area contributed by atoms with Crippen molar-refractivity contribution >= 4 is 46.5 Å². The van der Waals surface area contributed by atoms with Crippen LogP contribution in [0.15, 0.2) is 83.1 Å². The predicted octanol–water partition coefficient (Wildman–Crippen LogP) is 4.99. The van der Waals surface area contributed by atoms with E-state index in [0.29, 0.717) is 11.6 Å². The summed E-state index contributed by atoms with van der Waals surface area (Å²) in [6.07, 6.45) is 1.58. The lowest BCUT2D eigenvalue weighted by Gasteiger charge is -2.09. The van der Waals surface area contributed by atoms with Gasteiger partial charge in [0.2, 0.25) is 0 Å². The van der Waals surface area contributed by atoms with Gasteiger partial charge in [-0.3, -0.25) is 4.79 Å². The van der Waals surface area contributed by atoms with Gasteiger partial charge >= 0.3 is 0 Å². The van der Waals surface area contributed by atoms with Crippen LogP contribution in [0.2, 0.25) is 5.02 Å². The molecular formula is C24H21ClN4O2S. The number of halogens is 1. The lowest BCUT2D eigenvalue weighted by molar-refractivity contribution is -0.118. The summed E-state index contributed by atoms with van der Waals surface area (Å²) in [5.41, 5.74) is 6.41. The van der Waals surface area contributed by atoms with E-state index in [1.807, 2.05) is 72.8 Å². The summed E-state index contributed by atoms with van der Waals surface area (Å²) < 4.78 is 7.29. The Morgan fingerprint density at radius 2 is 1.97 bits per heavy atom. The van der Waals surface area contributed by atoms with Crippen LogP contribution in [-0.4, -0.2) is 34.5 Å². The van der Waals surface area contributed by atoms with Gasteiger partial charge < -0.3 is 9.30 Å². The summed E-state index contributed by atoms with van der Waals surface area (Å²) in [5.74, 6) is 0.717. The molecule has 0 atom stereocenters. The number of hydrazone groups is 1. The number of fused-ring (bicyclic) bond motifs is 1. The first-order valence-electron chi connectivity index (χ1n) is 9.91. The molecule has 3 aromatic carbocycles. The Kier molecular flexibility index (Phi) is 7.09. The maximum atomic E-state index is 12.3. The molecule has 32 heavy (non-hydrogen) atoms.